The fraction of sp³-hybridized carbons (Fsp3) is 0.0556. The number of carbonyl (C=O) groups is 2. The van der Waals surface area contributed by atoms with Gasteiger partial charge in [-0.15, -0.1) is 0 Å². The molecule has 26 heavy (non-hydrogen) atoms. The summed E-state index contributed by atoms with van der Waals surface area (Å²) in [6.45, 7) is 1.44. The lowest BCUT2D eigenvalue weighted by Gasteiger charge is -2.08. The molecular formula is C18H16N6O2. The van der Waals surface area contributed by atoms with Crippen molar-refractivity contribution in [2.45, 2.75) is 6.92 Å². The maximum atomic E-state index is 12.4. The fourth-order valence-corrected chi connectivity index (χ4v) is 2.16. The van der Waals surface area contributed by atoms with Gasteiger partial charge in [0, 0.05) is 42.5 Å². The van der Waals surface area contributed by atoms with Crippen molar-refractivity contribution in [2.75, 3.05) is 16.0 Å². The monoisotopic (exact) mass is 348 g/mol. The van der Waals surface area contributed by atoms with E-state index in [0.717, 1.165) is 0 Å². The lowest BCUT2D eigenvalue weighted by Crippen LogP contribution is -2.13. The van der Waals surface area contributed by atoms with Crippen LogP contribution in [0.4, 0.5) is 23.1 Å². The summed E-state index contributed by atoms with van der Waals surface area (Å²) >= 11 is 0. The molecule has 2 aromatic heterocycles. The Kier molecular flexibility index (Phi) is 5.14. The lowest BCUT2D eigenvalue weighted by molar-refractivity contribution is -0.114. The molecule has 0 aliphatic carbocycles. The minimum atomic E-state index is -0.281. The van der Waals surface area contributed by atoms with E-state index < -0.39 is 0 Å². The molecule has 2 amide bonds. The fourth-order valence-electron chi connectivity index (χ4n) is 2.16. The summed E-state index contributed by atoms with van der Waals surface area (Å²) in [5.74, 6) is 0.425. The predicted octanol–water partition coefficient (Wildman–Crippen LogP) is 2.83. The van der Waals surface area contributed by atoms with Gasteiger partial charge in [0.05, 0.1) is 0 Å². The van der Waals surface area contributed by atoms with Crippen LogP contribution in [0, 0.1) is 0 Å². The minimum absolute atomic E-state index is 0.152. The Morgan fingerprint density at radius 2 is 1.50 bits per heavy atom. The Morgan fingerprint density at radius 1 is 0.846 bits per heavy atom. The SMILES string of the molecule is CC(=O)Nc1ccc(NC(=O)c2ccnc(Nc3ncccn3)c2)cc1. The summed E-state index contributed by atoms with van der Waals surface area (Å²) in [4.78, 5) is 35.7. The van der Waals surface area contributed by atoms with E-state index in [2.05, 4.69) is 30.9 Å². The molecule has 8 heteroatoms. The van der Waals surface area contributed by atoms with Gasteiger partial charge in [-0.3, -0.25) is 9.59 Å². The summed E-state index contributed by atoms with van der Waals surface area (Å²) in [6.07, 6.45) is 4.74. The second-order valence-electron chi connectivity index (χ2n) is 5.34. The van der Waals surface area contributed by atoms with Gasteiger partial charge in [0.15, 0.2) is 0 Å². The molecule has 0 saturated carbocycles. The van der Waals surface area contributed by atoms with Crippen LogP contribution in [0.15, 0.2) is 61.1 Å². The standard InChI is InChI=1S/C18H16N6O2/c1-12(25)22-14-3-5-15(6-4-14)23-17(26)13-7-10-19-16(11-13)24-18-20-8-2-9-21-18/h2-11H,1H3,(H,22,25)(H,23,26)(H,19,20,21,24). The molecule has 0 bridgehead atoms. The van der Waals surface area contributed by atoms with Gasteiger partial charge < -0.3 is 16.0 Å². The number of aromatic nitrogens is 3. The Balaban J connectivity index is 1.68. The van der Waals surface area contributed by atoms with E-state index in [4.69, 9.17) is 0 Å². The average molecular weight is 348 g/mol. The second kappa shape index (κ2) is 7.84. The number of pyridine rings is 1. The van der Waals surface area contributed by atoms with Crippen molar-refractivity contribution in [1.29, 1.82) is 0 Å². The summed E-state index contributed by atoms with van der Waals surface area (Å²) in [5.41, 5.74) is 1.71. The summed E-state index contributed by atoms with van der Waals surface area (Å²) < 4.78 is 0. The number of hydrogen-bond donors (Lipinski definition) is 3. The van der Waals surface area contributed by atoms with Gasteiger partial charge in [-0.2, -0.15) is 0 Å². The number of amides is 2. The first kappa shape index (κ1) is 17.0. The van der Waals surface area contributed by atoms with Gasteiger partial charge in [-0.25, -0.2) is 15.0 Å². The van der Waals surface area contributed by atoms with Gasteiger partial charge >= 0.3 is 0 Å². The van der Waals surface area contributed by atoms with Crippen molar-refractivity contribution < 1.29 is 9.59 Å². The Bertz CT molecular complexity index is 912. The molecule has 3 N–H and O–H groups in total. The lowest BCUT2D eigenvalue weighted by atomic mass is 10.2. The molecule has 0 atom stereocenters. The van der Waals surface area contributed by atoms with Gasteiger partial charge in [0.25, 0.3) is 5.91 Å². The Labute approximate surface area is 149 Å². The quantitative estimate of drug-likeness (QED) is 0.654. The van der Waals surface area contributed by atoms with Crippen LogP contribution in [-0.4, -0.2) is 26.8 Å². The second-order valence-corrected chi connectivity index (χ2v) is 5.34. The van der Waals surface area contributed by atoms with Crippen molar-refractivity contribution in [2.24, 2.45) is 0 Å². The van der Waals surface area contributed by atoms with Crippen LogP contribution >= 0.6 is 0 Å². The van der Waals surface area contributed by atoms with Crippen LogP contribution in [0.1, 0.15) is 17.3 Å². The van der Waals surface area contributed by atoms with Gasteiger partial charge in [0.2, 0.25) is 11.9 Å². The van der Waals surface area contributed by atoms with Gasteiger partial charge in [-0.05, 0) is 42.5 Å². The van der Waals surface area contributed by atoms with Crippen molar-refractivity contribution >= 4 is 35.0 Å². The highest BCUT2D eigenvalue weighted by Crippen LogP contribution is 2.16. The van der Waals surface area contributed by atoms with Crippen molar-refractivity contribution in [3.63, 3.8) is 0 Å². The third kappa shape index (κ3) is 4.60. The molecule has 8 nitrogen and oxygen atoms in total. The third-order valence-electron chi connectivity index (χ3n) is 3.29. The zero-order chi connectivity index (χ0) is 18.4. The zero-order valence-corrected chi connectivity index (χ0v) is 13.9. The molecule has 2 heterocycles. The van der Waals surface area contributed by atoms with E-state index in [1.807, 2.05) is 0 Å². The number of benzene rings is 1. The summed E-state index contributed by atoms with van der Waals surface area (Å²) in [6, 6.07) is 11.8. The first-order chi connectivity index (χ1) is 12.6. The smallest absolute Gasteiger partial charge is 0.255 e. The van der Waals surface area contributed by atoms with Crippen LogP contribution in [0.25, 0.3) is 0 Å². The molecule has 1 aromatic carbocycles. The van der Waals surface area contributed by atoms with Crippen LogP contribution in [0.2, 0.25) is 0 Å². The highest BCUT2D eigenvalue weighted by Gasteiger charge is 2.08. The topological polar surface area (TPSA) is 109 Å². The van der Waals surface area contributed by atoms with Crippen LogP contribution in [0.3, 0.4) is 0 Å². The zero-order valence-electron chi connectivity index (χ0n) is 13.9. The molecule has 0 spiro atoms. The first-order valence-corrected chi connectivity index (χ1v) is 7.79. The van der Waals surface area contributed by atoms with Crippen LogP contribution in [-0.2, 0) is 4.79 Å². The molecular weight excluding hydrogens is 332 g/mol. The van der Waals surface area contributed by atoms with E-state index >= 15 is 0 Å². The van der Waals surface area contributed by atoms with Crippen LogP contribution < -0.4 is 16.0 Å². The van der Waals surface area contributed by atoms with E-state index in [1.165, 1.54) is 13.1 Å². The van der Waals surface area contributed by atoms with E-state index in [9.17, 15) is 9.59 Å². The molecule has 3 rings (SSSR count). The summed E-state index contributed by atoms with van der Waals surface area (Å²) in [7, 11) is 0. The largest absolute Gasteiger partial charge is 0.326 e. The Morgan fingerprint density at radius 3 is 2.15 bits per heavy atom. The molecule has 130 valence electrons. The van der Waals surface area contributed by atoms with E-state index in [1.54, 1.807) is 54.9 Å². The van der Waals surface area contributed by atoms with Gasteiger partial charge in [-0.1, -0.05) is 0 Å². The molecule has 0 unspecified atom stereocenters. The van der Waals surface area contributed by atoms with E-state index in [-0.39, 0.29) is 11.8 Å². The van der Waals surface area contributed by atoms with Crippen molar-refractivity contribution in [3.05, 3.63) is 66.6 Å². The number of hydrogen-bond acceptors (Lipinski definition) is 6. The number of carbonyl (C=O) groups excluding carboxylic acids is 2. The maximum absolute atomic E-state index is 12.4. The molecule has 0 radical (unpaired) electrons. The minimum Gasteiger partial charge on any atom is -0.326 e. The number of rotatable bonds is 5. The normalized spacial score (nSPS) is 10.0. The molecule has 3 aromatic rings. The van der Waals surface area contributed by atoms with Crippen molar-refractivity contribution in [3.8, 4) is 0 Å². The summed E-state index contributed by atoms with van der Waals surface area (Å²) in [5, 5.41) is 8.39. The molecule has 0 aliphatic rings. The van der Waals surface area contributed by atoms with Crippen molar-refractivity contribution in [1.82, 2.24) is 15.0 Å². The molecule has 0 saturated heterocycles. The Hall–Kier alpha value is -3.81. The maximum Gasteiger partial charge on any atom is 0.255 e. The average Bonchev–Trinajstić information content (AvgIpc) is 2.64. The van der Waals surface area contributed by atoms with Gasteiger partial charge in [0.1, 0.15) is 5.82 Å². The number of anilines is 4. The third-order valence-corrected chi connectivity index (χ3v) is 3.29. The van der Waals surface area contributed by atoms with Crippen LogP contribution in [0.5, 0.6) is 0 Å². The number of nitrogens with zero attached hydrogens (tertiary/aromatic N) is 3. The first-order valence-electron chi connectivity index (χ1n) is 7.79. The molecule has 0 aliphatic heterocycles. The predicted molar refractivity (Wildman–Crippen MR) is 98.3 cm³/mol. The highest BCUT2D eigenvalue weighted by atomic mass is 16.2. The highest BCUT2D eigenvalue weighted by molar-refractivity contribution is 6.04. The molecule has 0 fully saturated rings. The number of nitrogens with one attached hydrogen (secondary N) is 3. The van der Waals surface area contributed by atoms with E-state index in [0.29, 0.717) is 28.7 Å².